The SMILES string of the molecule is C=C(C)C(O)CC[C@@](C)(O)[C@H]1CC[C@]2(C)[C@@H]1CC[C@@H]1[C@@]3(C)[C@H](O)[C@@H](O)[C@H](O[C@@H]4O[C@H](CO)[C@@H](O)[C@H](O)[C@H]4OC(C)=O)C(C)(C)[C@@H]3CC[C@]12C. The quantitative estimate of drug-likeness (QED) is 0.107. The molecule has 0 spiro atoms. The largest absolute Gasteiger partial charge is 0.454 e. The van der Waals surface area contributed by atoms with Crippen molar-refractivity contribution in [1.29, 1.82) is 0 Å². The van der Waals surface area contributed by atoms with Gasteiger partial charge in [-0.2, -0.15) is 0 Å². The molecule has 5 rings (SSSR count). The highest BCUT2D eigenvalue weighted by atomic mass is 16.7. The summed E-state index contributed by atoms with van der Waals surface area (Å²) in [5.74, 6) is -0.350. The second-order valence-corrected chi connectivity index (χ2v) is 18.0. The molecule has 5 aliphatic rings. The lowest BCUT2D eigenvalue weighted by Crippen LogP contribution is -2.73. The van der Waals surface area contributed by atoms with E-state index < -0.39 is 84.1 Å². The van der Waals surface area contributed by atoms with E-state index in [0.717, 1.165) is 38.5 Å². The maximum absolute atomic E-state index is 12.2. The number of aliphatic hydroxyl groups is 7. The molecule has 0 aromatic rings. The van der Waals surface area contributed by atoms with E-state index in [1.54, 1.807) is 0 Å². The maximum atomic E-state index is 12.2. The molecule has 0 aromatic heterocycles. The van der Waals surface area contributed by atoms with Gasteiger partial charge in [-0.3, -0.25) is 4.79 Å². The Labute approximate surface area is 292 Å². The molecule has 11 nitrogen and oxygen atoms in total. The molecule has 49 heavy (non-hydrogen) atoms. The van der Waals surface area contributed by atoms with Crippen molar-refractivity contribution in [2.45, 2.75) is 167 Å². The van der Waals surface area contributed by atoms with Gasteiger partial charge in [0.15, 0.2) is 12.4 Å². The van der Waals surface area contributed by atoms with Gasteiger partial charge in [0.05, 0.1) is 30.5 Å². The number of rotatable bonds is 9. The van der Waals surface area contributed by atoms with Crippen LogP contribution < -0.4 is 0 Å². The van der Waals surface area contributed by atoms with E-state index in [1.807, 2.05) is 27.7 Å². The minimum atomic E-state index is -1.60. The number of aliphatic hydroxyl groups excluding tert-OH is 6. The molecule has 5 fully saturated rings. The van der Waals surface area contributed by atoms with Crippen LogP contribution in [0.4, 0.5) is 0 Å². The molecular formula is C38H64O11. The summed E-state index contributed by atoms with van der Waals surface area (Å²) in [4.78, 5) is 12.0. The highest BCUT2D eigenvalue weighted by Crippen LogP contribution is 2.76. The third kappa shape index (κ3) is 6.05. The topological polar surface area (TPSA) is 186 Å². The summed E-state index contributed by atoms with van der Waals surface area (Å²) < 4.78 is 17.5. The molecule has 0 bridgehead atoms. The second kappa shape index (κ2) is 13.4. The van der Waals surface area contributed by atoms with E-state index in [-0.39, 0.29) is 34.5 Å². The smallest absolute Gasteiger partial charge is 0.303 e. The lowest BCUT2D eigenvalue weighted by Gasteiger charge is -2.71. The van der Waals surface area contributed by atoms with Gasteiger partial charge in [-0.05, 0) is 105 Å². The highest BCUT2D eigenvalue weighted by molar-refractivity contribution is 5.66. The molecule has 1 saturated heterocycles. The summed E-state index contributed by atoms with van der Waals surface area (Å²) in [6, 6.07) is 0. The number of fused-ring (bicyclic) bond motifs is 5. The Morgan fingerprint density at radius 2 is 1.57 bits per heavy atom. The van der Waals surface area contributed by atoms with Gasteiger partial charge in [-0.1, -0.05) is 46.8 Å². The van der Waals surface area contributed by atoms with E-state index >= 15 is 0 Å². The van der Waals surface area contributed by atoms with Crippen LogP contribution in [0, 0.1) is 45.3 Å². The first kappa shape index (κ1) is 39.1. The van der Waals surface area contributed by atoms with Crippen LogP contribution in [-0.2, 0) is 19.0 Å². The fraction of sp³-hybridized carbons (Fsp3) is 0.921. The molecule has 7 N–H and O–H groups in total. The van der Waals surface area contributed by atoms with Crippen LogP contribution in [0.2, 0.25) is 0 Å². The molecule has 0 amide bonds. The zero-order valence-electron chi connectivity index (χ0n) is 30.8. The minimum Gasteiger partial charge on any atom is -0.454 e. The van der Waals surface area contributed by atoms with E-state index in [1.165, 1.54) is 6.92 Å². The van der Waals surface area contributed by atoms with Crippen molar-refractivity contribution in [2.75, 3.05) is 6.61 Å². The standard InChI is InChI=1S/C38H64O11/c1-19(2)23(41)13-17-37(8,46)22-12-15-35(6)21(22)10-11-26-36(35,7)16-14-25-34(4,5)32(29(44)31(45)38(25,26)9)49-33-30(47-20(3)40)28(43)27(42)24(18-39)48-33/h21-33,39,41-46H,1,10-18H2,2-9H3/t21-,22+,23?,24-,25+,26+,27-,28+,29-,30-,31-,32+,33+,35-,36-,37-,38+/m1/s1. The Morgan fingerprint density at radius 3 is 2.16 bits per heavy atom. The average molecular weight is 697 g/mol. The predicted molar refractivity (Wildman–Crippen MR) is 181 cm³/mol. The number of ether oxygens (including phenoxy) is 3. The third-order valence-corrected chi connectivity index (χ3v) is 15.2. The van der Waals surface area contributed by atoms with Crippen LogP contribution >= 0.6 is 0 Å². The van der Waals surface area contributed by atoms with Crippen molar-refractivity contribution in [3.05, 3.63) is 12.2 Å². The van der Waals surface area contributed by atoms with Crippen LogP contribution in [-0.4, -0.2) is 109 Å². The summed E-state index contributed by atoms with van der Waals surface area (Å²) in [6.45, 7) is 19.1. The molecule has 4 saturated carbocycles. The van der Waals surface area contributed by atoms with Crippen molar-refractivity contribution in [3.63, 3.8) is 0 Å². The molecule has 282 valence electrons. The Hall–Kier alpha value is -1.15. The fourth-order valence-corrected chi connectivity index (χ4v) is 12.3. The molecular weight excluding hydrogens is 632 g/mol. The Morgan fingerprint density at radius 1 is 0.939 bits per heavy atom. The first-order chi connectivity index (χ1) is 22.6. The van der Waals surface area contributed by atoms with Crippen molar-refractivity contribution < 1.29 is 54.8 Å². The summed E-state index contributed by atoms with van der Waals surface area (Å²) in [6.07, 6.45) is -5.04. The summed E-state index contributed by atoms with van der Waals surface area (Å²) >= 11 is 0. The van der Waals surface area contributed by atoms with E-state index in [0.29, 0.717) is 18.4 Å². The monoisotopic (exact) mass is 696 g/mol. The first-order valence-electron chi connectivity index (χ1n) is 18.5. The number of hydrogen-bond acceptors (Lipinski definition) is 11. The summed E-state index contributed by atoms with van der Waals surface area (Å²) in [5.41, 5.74) is -1.89. The zero-order chi connectivity index (χ0) is 36.6. The van der Waals surface area contributed by atoms with Gasteiger partial charge >= 0.3 is 5.97 Å². The average Bonchev–Trinajstić information content (AvgIpc) is 3.39. The van der Waals surface area contributed by atoms with Gasteiger partial charge in [0.1, 0.15) is 24.4 Å². The molecule has 0 radical (unpaired) electrons. The van der Waals surface area contributed by atoms with Crippen molar-refractivity contribution in [3.8, 4) is 0 Å². The van der Waals surface area contributed by atoms with Crippen molar-refractivity contribution >= 4 is 5.97 Å². The normalized spacial score (nSPS) is 49.5. The Bertz CT molecular complexity index is 1240. The fourth-order valence-electron chi connectivity index (χ4n) is 12.3. The van der Waals surface area contributed by atoms with E-state index in [9.17, 15) is 40.5 Å². The van der Waals surface area contributed by atoms with Crippen LogP contribution in [0.25, 0.3) is 0 Å². The summed E-state index contributed by atoms with van der Waals surface area (Å²) in [5, 5.41) is 77.6. The lowest BCUT2D eigenvalue weighted by atomic mass is 9.34. The molecule has 0 aromatic carbocycles. The van der Waals surface area contributed by atoms with Gasteiger partial charge in [0.25, 0.3) is 0 Å². The van der Waals surface area contributed by atoms with Crippen LogP contribution in [0.15, 0.2) is 12.2 Å². The van der Waals surface area contributed by atoms with Crippen molar-refractivity contribution in [2.24, 2.45) is 45.3 Å². The number of carbonyl (C=O) groups excluding carboxylic acids is 1. The van der Waals surface area contributed by atoms with Crippen LogP contribution in [0.5, 0.6) is 0 Å². The van der Waals surface area contributed by atoms with Crippen molar-refractivity contribution in [1.82, 2.24) is 0 Å². The Kier molecular flexibility index (Phi) is 10.7. The number of esters is 1. The summed E-state index contributed by atoms with van der Waals surface area (Å²) in [7, 11) is 0. The van der Waals surface area contributed by atoms with Crippen LogP contribution in [0.3, 0.4) is 0 Å². The Balaban J connectivity index is 1.42. The zero-order valence-corrected chi connectivity index (χ0v) is 30.8. The van der Waals surface area contributed by atoms with Gasteiger partial charge in [0, 0.05) is 12.3 Å². The highest BCUT2D eigenvalue weighted by Gasteiger charge is 2.73. The van der Waals surface area contributed by atoms with E-state index in [4.69, 9.17) is 14.2 Å². The molecule has 17 atom stereocenters. The molecule has 4 aliphatic carbocycles. The molecule has 1 heterocycles. The minimum absolute atomic E-state index is 0.0780. The molecule has 1 aliphatic heterocycles. The van der Waals surface area contributed by atoms with Gasteiger partial charge in [-0.25, -0.2) is 0 Å². The third-order valence-electron chi connectivity index (χ3n) is 15.2. The predicted octanol–water partition coefficient (Wildman–Crippen LogP) is 2.84. The molecule has 1 unspecified atom stereocenters. The second-order valence-electron chi connectivity index (χ2n) is 18.0. The van der Waals surface area contributed by atoms with Gasteiger partial charge in [0.2, 0.25) is 0 Å². The number of hydrogen-bond donors (Lipinski definition) is 7. The van der Waals surface area contributed by atoms with E-state index in [2.05, 4.69) is 27.4 Å². The maximum Gasteiger partial charge on any atom is 0.303 e. The van der Waals surface area contributed by atoms with Gasteiger partial charge < -0.3 is 50.0 Å². The first-order valence-corrected chi connectivity index (χ1v) is 18.5. The number of carbonyl (C=O) groups is 1. The van der Waals surface area contributed by atoms with Gasteiger partial charge in [-0.15, -0.1) is 0 Å². The molecule has 11 heteroatoms. The van der Waals surface area contributed by atoms with Crippen LogP contribution in [0.1, 0.15) is 107 Å². The lowest BCUT2D eigenvalue weighted by molar-refractivity contribution is -0.355.